The Balaban J connectivity index is 3.03. The highest BCUT2D eigenvalue weighted by Gasteiger charge is 2.21. The monoisotopic (exact) mass is 241 g/mol. The van der Waals surface area contributed by atoms with Crippen molar-refractivity contribution >= 4 is 30.0 Å². The van der Waals surface area contributed by atoms with Crippen LogP contribution >= 0.6 is 11.6 Å². The summed E-state index contributed by atoms with van der Waals surface area (Å²) < 4.78 is 4.83. The standard InChI is InChI=1S/C10H12ClN3O2/c1-4-9-13-7(10(15)16-5-2)6-8(11)14(9)12-3/h4,6H,3,5H2,1-2H3/b9-4-. The fourth-order valence-electron chi connectivity index (χ4n) is 1.12. The topological polar surface area (TPSA) is 54.3 Å². The summed E-state index contributed by atoms with van der Waals surface area (Å²) in [5, 5.41) is 5.25. The Morgan fingerprint density at radius 2 is 2.50 bits per heavy atom. The summed E-state index contributed by atoms with van der Waals surface area (Å²) >= 11 is 5.92. The average Bonchev–Trinajstić information content (AvgIpc) is 2.28. The van der Waals surface area contributed by atoms with E-state index >= 15 is 0 Å². The van der Waals surface area contributed by atoms with Crippen LogP contribution < -0.4 is 0 Å². The van der Waals surface area contributed by atoms with Crippen molar-refractivity contribution in [3.63, 3.8) is 0 Å². The predicted octanol–water partition coefficient (Wildman–Crippen LogP) is 1.86. The number of halogens is 1. The van der Waals surface area contributed by atoms with Gasteiger partial charge in [-0.1, -0.05) is 11.6 Å². The average molecular weight is 242 g/mol. The second-order valence-corrected chi connectivity index (χ2v) is 3.17. The molecule has 6 heteroatoms. The van der Waals surface area contributed by atoms with Gasteiger partial charge in [0.05, 0.1) is 6.61 Å². The minimum Gasteiger partial charge on any atom is -0.461 e. The summed E-state index contributed by atoms with van der Waals surface area (Å²) in [4.78, 5) is 15.5. The third-order valence-electron chi connectivity index (χ3n) is 1.79. The Kier molecular flexibility index (Phi) is 4.25. The first-order valence-corrected chi connectivity index (χ1v) is 5.08. The molecule has 0 N–H and O–H groups in total. The van der Waals surface area contributed by atoms with Crippen LogP contribution in [0.25, 0.3) is 0 Å². The first-order valence-electron chi connectivity index (χ1n) is 4.70. The zero-order chi connectivity index (χ0) is 12.1. The predicted molar refractivity (Wildman–Crippen MR) is 63.1 cm³/mol. The van der Waals surface area contributed by atoms with Crippen LogP contribution in [-0.4, -0.2) is 30.0 Å². The van der Waals surface area contributed by atoms with Gasteiger partial charge in [0.2, 0.25) is 0 Å². The first kappa shape index (κ1) is 12.4. The van der Waals surface area contributed by atoms with Crippen LogP contribution in [0.2, 0.25) is 0 Å². The number of ether oxygens (including phenoxy) is 1. The fraction of sp³-hybridized carbons (Fsp3) is 0.300. The van der Waals surface area contributed by atoms with E-state index in [-0.39, 0.29) is 17.5 Å². The summed E-state index contributed by atoms with van der Waals surface area (Å²) in [5.41, 5.74) is 0.153. The highest BCUT2D eigenvalue weighted by molar-refractivity contribution is 6.44. The van der Waals surface area contributed by atoms with Gasteiger partial charge < -0.3 is 4.74 Å². The summed E-state index contributed by atoms with van der Waals surface area (Å²) in [5.74, 6) is -0.0748. The van der Waals surface area contributed by atoms with E-state index in [1.807, 2.05) is 0 Å². The Bertz CT molecular complexity index is 399. The molecule has 0 bridgehead atoms. The van der Waals surface area contributed by atoms with E-state index in [0.29, 0.717) is 5.82 Å². The lowest BCUT2D eigenvalue weighted by atomic mass is 10.3. The van der Waals surface area contributed by atoms with Gasteiger partial charge in [-0.15, -0.1) is 0 Å². The van der Waals surface area contributed by atoms with Crippen LogP contribution in [0.3, 0.4) is 0 Å². The van der Waals surface area contributed by atoms with E-state index in [9.17, 15) is 4.79 Å². The highest BCUT2D eigenvalue weighted by Crippen LogP contribution is 2.22. The third kappa shape index (κ3) is 2.49. The van der Waals surface area contributed by atoms with Crippen molar-refractivity contribution in [1.29, 1.82) is 0 Å². The maximum Gasteiger partial charge on any atom is 0.357 e. The quantitative estimate of drug-likeness (QED) is 0.431. The molecule has 1 aliphatic rings. The van der Waals surface area contributed by atoms with Gasteiger partial charge in [-0.3, -0.25) is 0 Å². The van der Waals surface area contributed by atoms with Gasteiger partial charge in [-0.2, -0.15) is 5.10 Å². The maximum atomic E-state index is 11.5. The maximum absolute atomic E-state index is 11.5. The molecule has 1 aliphatic heterocycles. The lowest BCUT2D eigenvalue weighted by molar-refractivity contribution is -0.134. The molecule has 0 aromatic heterocycles. The van der Waals surface area contributed by atoms with Crippen molar-refractivity contribution in [2.75, 3.05) is 6.61 Å². The van der Waals surface area contributed by atoms with Crippen molar-refractivity contribution in [2.24, 2.45) is 10.1 Å². The van der Waals surface area contributed by atoms with E-state index in [2.05, 4.69) is 16.8 Å². The van der Waals surface area contributed by atoms with E-state index < -0.39 is 5.97 Å². The zero-order valence-electron chi connectivity index (χ0n) is 9.11. The molecule has 0 unspecified atom stereocenters. The molecule has 0 radical (unpaired) electrons. The smallest absolute Gasteiger partial charge is 0.357 e. The van der Waals surface area contributed by atoms with Crippen molar-refractivity contribution in [2.45, 2.75) is 13.8 Å². The lowest BCUT2D eigenvalue weighted by Crippen LogP contribution is -2.24. The summed E-state index contributed by atoms with van der Waals surface area (Å²) in [7, 11) is 0. The number of rotatable bonds is 3. The molecular formula is C10H12ClN3O2. The lowest BCUT2D eigenvalue weighted by Gasteiger charge is -2.21. The second kappa shape index (κ2) is 5.46. The number of aliphatic imine (C=N–C) groups is 1. The molecule has 86 valence electrons. The van der Waals surface area contributed by atoms with Gasteiger partial charge >= 0.3 is 5.97 Å². The number of hydrazone groups is 1. The molecule has 0 amide bonds. The van der Waals surface area contributed by atoms with Crippen LogP contribution in [0, 0.1) is 0 Å². The Morgan fingerprint density at radius 1 is 1.81 bits per heavy atom. The molecule has 0 aromatic rings. The summed E-state index contributed by atoms with van der Waals surface area (Å²) in [6.07, 6.45) is 3.06. The number of hydrogen-bond acceptors (Lipinski definition) is 5. The van der Waals surface area contributed by atoms with E-state index in [0.717, 1.165) is 0 Å². The second-order valence-electron chi connectivity index (χ2n) is 2.78. The van der Waals surface area contributed by atoms with Crippen molar-refractivity contribution in [3.8, 4) is 0 Å². The molecule has 5 nitrogen and oxygen atoms in total. The molecule has 16 heavy (non-hydrogen) atoms. The largest absolute Gasteiger partial charge is 0.461 e. The molecule has 0 saturated heterocycles. The van der Waals surface area contributed by atoms with Crippen molar-refractivity contribution in [1.82, 2.24) is 5.01 Å². The highest BCUT2D eigenvalue weighted by atomic mass is 35.5. The Hall–Kier alpha value is -1.62. The fourth-order valence-corrected chi connectivity index (χ4v) is 1.37. The molecular weight excluding hydrogens is 230 g/mol. The van der Waals surface area contributed by atoms with Crippen LogP contribution in [-0.2, 0) is 9.53 Å². The van der Waals surface area contributed by atoms with Gasteiger partial charge in [-0.25, -0.2) is 14.8 Å². The molecule has 0 spiro atoms. The third-order valence-corrected chi connectivity index (χ3v) is 2.06. The van der Waals surface area contributed by atoms with Gasteiger partial charge in [0.15, 0.2) is 11.5 Å². The molecule has 0 aromatic carbocycles. The minimum absolute atomic E-state index is 0.153. The number of allylic oxidation sites excluding steroid dienone is 1. The number of hydrogen-bond donors (Lipinski definition) is 0. The van der Waals surface area contributed by atoms with Gasteiger partial charge in [0.1, 0.15) is 5.16 Å². The van der Waals surface area contributed by atoms with E-state index in [1.54, 1.807) is 19.9 Å². The van der Waals surface area contributed by atoms with Crippen LogP contribution in [0.4, 0.5) is 0 Å². The molecule has 1 rings (SSSR count). The van der Waals surface area contributed by atoms with E-state index in [1.165, 1.54) is 11.1 Å². The molecule has 0 fully saturated rings. The SMILES string of the molecule is C=NN1C(Cl)=CC(C(=O)OCC)=N/C1=C/C. The van der Waals surface area contributed by atoms with Crippen LogP contribution in [0.5, 0.6) is 0 Å². The van der Waals surface area contributed by atoms with Gasteiger partial charge in [-0.05, 0) is 19.9 Å². The van der Waals surface area contributed by atoms with Gasteiger partial charge in [0.25, 0.3) is 0 Å². The number of carbonyl (C=O) groups excluding carboxylic acids is 1. The van der Waals surface area contributed by atoms with E-state index in [4.69, 9.17) is 16.3 Å². The van der Waals surface area contributed by atoms with Crippen molar-refractivity contribution in [3.05, 3.63) is 23.1 Å². The normalized spacial score (nSPS) is 17.9. The van der Waals surface area contributed by atoms with Crippen LogP contribution in [0.15, 0.2) is 33.2 Å². The molecule has 1 heterocycles. The summed E-state index contributed by atoms with van der Waals surface area (Å²) in [6, 6.07) is 0. The number of nitrogens with zero attached hydrogens (tertiary/aromatic N) is 3. The molecule has 0 aliphatic carbocycles. The minimum atomic E-state index is -0.510. The number of carbonyl (C=O) groups is 1. The first-order chi connectivity index (χ1) is 7.63. The molecule has 0 atom stereocenters. The van der Waals surface area contributed by atoms with Gasteiger partial charge in [0, 0.05) is 12.8 Å². The summed E-state index contributed by atoms with van der Waals surface area (Å²) in [6.45, 7) is 7.14. The van der Waals surface area contributed by atoms with Crippen LogP contribution in [0.1, 0.15) is 13.8 Å². The Labute approximate surface area is 98.7 Å². The Morgan fingerprint density at radius 3 is 3.00 bits per heavy atom. The van der Waals surface area contributed by atoms with Crippen molar-refractivity contribution < 1.29 is 9.53 Å². The molecule has 0 saturated carbocycles. The number of esters is 1. The zero-order valence-corrected chi connectivity index (χ0v) is 9.86.